The Bertz CT molecular complexity index is 1090. The van der Waals surface area contributed by atoms with Crippen LogP contribution in [0.5, 0.6) is 5.75 Å². The summed E-state index contributed by atoms with van der Waals surface area (Å²) < 4.78 is 0. The Morgan fingerprint density at radius 1 is 0.968 bits per heavy atom. The third-order valence-corrected chi connectivity index (χ3v) is 5.55. The topological polar surface area (TPSA) is 79.0 Å². The summed E-state index contributed by atoms with van der Waals surface area (Å²) in [5.41, 5.74) is 3.67. The van der Waals surface area contributed by atoms with Crippen molar-refractivity contribution in [1.29, 1.82) is 0 Å². The Labute approximate surface area is 181 Å². The molecule has 3 aromatic rings. The van der Waals surface area contributed by atoms with E-state index in [9.17, 15) is 15.2 Å². The van der Waals surface area contributed by atoms with Gasteiger partial charge in [-0.3, -0.25) is 15.1 Å². The van der Waals surface area contributed by atoms with Crippen molar-refractivity contribution < 1.29 is 10.0 Å². The van der Waals surface area contributed by atoms with E-state index in [4.69, 9.17) is 0 Å². The zero-order valence-corrected chi connectivity index (χ0v) is 17.3. The molecule has 6 nitrogen and oxygen atoms in total. The fraction of sp³-hybridized carbons (Fsp3) is 0.240. The summed E-state index contributed by atoms with van der Waals surface area (Å²) in [6.45, 7) is 1.99. The van der Waals surface area contributed by atoms with Gasteiger partial charge in [0.1, 0.15) is 0 Å². The monoisotopic (exact) mass is 415 g/mol. The zero-order valence-electron chi connectivity index (χ0n) is 17.3. The molecule has 1 heterocycles. The van der Waals surface area contributed by atoms with Crippen molar-refractivity contribution in [2.24, 2.45) is 4.99 Å². The number of rotatable bonds is 6. The molecule has 1 aliphatic heterocycles. The lowest BCUT2D eigenvalue weighted by molar-refractivity contribution is -0.385. The average Bonchev–Trinajstić information content (AvgIpc) is 2.80. The number of hydrogen-bond acceptors (Lipinski definition) is 5. The van der Waals surface area contributed by atoms with Crippen LogP contribution in [0.3, 0.4) is 0 Å². The minimum atomic E-state index is -0.553. The van der Waals surface area contributed by atoms with Crippen molar-refractivity contribution in [2.75, 3.05) is 18.0 Å². The number of para-hydroxylation sites is 2. The second kappa shape index (κ2) is 9.43. The van der Waals surface area contributed by atoms with E-state index in [1.807, 2.05) is 54.6 Å². The van der Waals surface area contributed by atoms with E-state index in [1.54, 1.807) is 6.07 Å². The molecule has 4 rings (SSSR count). The SMILES string of the molecule is O=[N+]([O-])c1cc(Cc2ccccc2)cc(C=Nc2ccccc2N2CCCCC2)c1O. The molecule has 1 fully saturated rings. The quantitative estimate of drug-likeness (QED) is 0.321. The number of piperidine rings is 1. The number of benzene rings is 3. The van der Waals surface area contributed by atoms with Crippen LogP contribution in [0.15, 0.2) is 71.7 Å². The van der Waals surface area contributed by atoms with Gasteiger partial charge in [0.15, 0.2) is 0 Å². The first-order valence-electron chi connectivity index (χ1n) is 10.5. The summed E-state index contributed by atoms with van der Waals surface area (Å²) in [7, 11) is 0. The molecule has 0 aromatic heterocycles. The lowest BCUT2D eigenvalue weighted by Crippen LogP contribution is -2.29. The second-order valence-electron chi connectivity index (χ2n) is 7.77. The lowest BCUT2D eigenvalue weighted by atomic mass is 10.0. The van der Waals surface area contributed by atoms with Gasteiger partial charge in [0.25, 0.3) is 0 Å². The van der Waals surface area contributed by atoms with Crippen LogP contribution in [-0.2, 0) is 6.42 Å². The number of nitrogens with zero attached hydrogens (tertiary/aromatic N) is 3. The summed E-state index contributed by atoms with van der Waals surface area (Å²) >= 11 is 0. The first kappa shape index (κ1) is 20.6. The van der Waals surface area contributed by atoms with Crippen LogP contribution in [0.2, 0.25) is 0 Å². The predicted octanol–water partition coefficient (Wildman–Crippen LogP) is 5.63. The molecular weight excluding hydrogens is 390 g/mol. The Morgan fingerprint density at radius 2 is 1.68 bits per heavy atom. The largest absolute Gasteiger partial charge is 0.502 e. The van der Waals surface area contributed by atoms with Crippen molar-refractivity contribution >= 4 is 23.3 Å². The third kappa shape index (κ3) is 4.91. The summed E-state index contributed by atoms with van der Waals surface area (Å²) in [6.07, 6.45) is 5.62. The lowest BCUT2D eigenvalue weighted by Gasteiger charge is -2.29. The fourth-order valence-electron chi connectivity index (χ4n) is 3.99. The van der Waals surface area contributed by atoms with Crippen molar-refractivity contribution in [3.63, 3.8) is 0 Å². The van der Waals surface area contributed by atoms with Crippen LogP contribution in [0.25, 0.3) is 0 Å². The first-order chi connectivity index (χ1) is 15.1. The molecule has 1 aliphatic rings. The molecule has 0 aliphatic carbocycles. The average molecular weight is 415 g/mol. The summed E-state index contributed by atoms with van der Waals surface area (Å²) in [4.78, 5) is 17.9. The van der Waals surface area contributed by atoms with Gasteiger partial charge in [-0.25, -0.2) is 0 Å². The van der Waals surface area contributed by atoms with Crippen molar-refractivity contribution in [1.82, 2.24) is 0 Å². The number of aliphatic imine (C=N–C) groups is 1. The van der Waals surface area contributed by atoms with Crippen molar-refractivity contribution in [3.8, 4) is 5.75 Å². The van der Waals surface area contributed by atoms with Crippen LogP contribution >= 0.6 is 0 Å². The molecule has 0 saturated carbocycles. The molecule has 1 saturated heterocycles. The highest BCUT2D eigenvalue weighted by atomic mass is 16.6. The highest BCUT2D eigenvalue weighted by Crippen LogP contribution is 2.34. The molecule has 6 heteroatoms. The van der Waals surface area contributed by atoms with Crippen LogP contribution < -0.4 is 4.90 Å². The minimum Gasteiger partial charge on any atom is -0.502 e. The molecule has 0 bridgehead atoms. The third-order valence-electron chi connectivity index (χ3n) is 5.55. The van der Waals surface area contributed by atoms with Crippen LogP contribution in [-0.4, -0.2) is 29.3 Å². The maximum Gasteiger partial charge on any atom is 0.311 e. The number of nitro benzene ring substituents is 1. The highest BCUT2D eigenvalue weighted by molar-refractivity contribution is 5.89. The normalized spacial score (nSPS) is 14.1. The second-order valence-corrected chi connectivity index (χ2v) is 7.77. The maximum atomic E-state index is 11.5. The molecule has 1 N–H and O–H groups in total. The fourth-order valence-corrected chi connectivity index (χ4v) is 3.99. The van der Waals surface area contributed by atoms with Gasteiger partial charge in [-0.15, -0.1) is 0 Å². The smallest absolute Gasteiger partial charge is 0.311 e. The predicted molar refractivity (Wildman–Crippen MR) is 124 cm³/mol. The Kier molecular flexibility index (Phi) is 6.26. The number of anilines is 1. The van der Waals surface area contributed by atoms with Crippen molar-refractivity contribution in [2.45, 2.75) is 25.7 Å². The first-order valence-corrected chi connectivity index (χ1v) is 10.5. The molecule has 0 spiro atoms. The molecule has 3 aromatic carbocycles. The standard InChI is InChI=1S/C25H25N3O3/c29-25-21(16-20(17-24(25)28(30)31)15-19-9-3-1-4-10-19)18-26-22-11-5-6-12-23(22)27-13-7-2-8-14-27/h1,3-6,9-12,16-18,29H,2,7-8,13-15H2. The number of phenols is 1. The van der Waals surface area contributed by atoms with Crippen LogP contribution in [0, 0.1) is 10.1 Å². The number of hydrogen-bond donors (Lipinski definition) is 1. The summed E-state index contributed by atoms with van der Waals surface area (Å²) in [5, 5.41) is 22.0. The van der Waals surface area contributed by atoms with Gasteiger partial charge in [0.2, 0.25) is 5.75 Å². The summed E-state index contributed by atoms with van der Waals surface area (Å²) in [6, 6.07) is 20.8. The van der Waals surface area contributed by atoms with E-state index in [1.165, 1.54) is 18.7 Å². The van der Waals surface area contributed by atoms with Gasteiger partial charge >= 0.3 is 5.69 Å². The molecule has 0 atom stereocenters. The number of nitro groups is 1. The van der Waals surface area contributed by atoms with Gasteiger partial charge in [0.05, 0.1) is 16.3 Å². The molecule has 0 amide bonds. The van der Waals surface area contributed by atoms with E-state index in [0.29, 0.717) is 12.0 Å². The Morgan fingerprint density at radius 3 is 2.42 bits per heavy atom. The Balaban J connectivity index is 1.68. The molecular formula is C25H25N3O3. The van der Waals surface area contributed by atoms with E-state index in [2.05, 4.69) is 9.89 Å². The van der Waals surface area contributed by atoms with E-state index in [-0.39, 0.29) is 11.4 Å². The molecule has 0 radical (unpaired) electrons. The van der Waals surface area contributed by atoms with Gasteiger partial charge < -0.3 is 10.0 Å². The van der Waals surface area contributed by atoms with Crippen LogP contribution in [0.4, 0.5) is 17.1 Å². The number of phenolic OH excluding ortho intramolecular Hbond substituents is 1. The molecule has 158 valence electrons. The van der Waals surface area contributed by atoms with Gasteiger partial charge in [0, 0.05) is 30.9 Å². The highest BCUT2D eigenvalue weighted by Gasteiger charge is 2.19. The van der Waals surface area contributed by atoms with E-state index in [0.717, 1.165) is 48.4 Å². The van der Waals surface area contributed by atoms with Gasteiger partial charge in [-0.05, 0) is 55.0 Å². The van der Waals surface area contributed by atoms with E-state index >= 15 is 0 Å². The zero-order chi connectivity index (χ0) is 21.6. The van der Waals surface area contributed by atoms with Gasteiger partial charge in [-0.2, -0.15) is 0 Å². The van der Waals surface area contributed by atoms with Gasteiger partial charge in [-0.1, -0.05) is 42.5 Å². The molecule has 0 unspecified atom stereocenters. The maximum absolute atomic E-state index is 11.5. The number of aromatic hydroxyl groups is 1. The summed E-state index contributed by atoms with van der Waals surface area (Å²) in [5.74, 6) is -0.360. The Hall–Kier alpha value is -3.67. The molecule has 31 heavy (non-hydrogen) atoms. The van der Waals surface area contributed by atoms with Crippen molar-refractivity contribution in [3.05, 3.63) is 93.5 Å². The minimum absolute atomic E-state index is 0.306. The van der Waals surface area contributed by atoms with E-state index < -0.39 is 4.92 Å². The van der Waals surface area contributed by atoms with Crippen LogP contribution in [0.1, 0.15) is 36.0 Å².